The number of anilines is 1. The molecule has 0 saturated carbocycles. The van der Waals surface area contributed by atoms with E-state index in [0.29, 0.717) is 13.1 Å². The highest BCUT2D eigenvalue weighted by atomic mass is 16.4. The van der Waals surface area contributed by atoms with Crippen molar-refractivity contribution >= 4 is 17.6 Å². The number of aryl methyl sites for hydroxylation is 1. The smallest absolute Gasteiger partial charge is 0.304 e. The Morgan fingerprint density at radius 3 is 2.65 bits per heavy atom. The van der Waals surface area contributed by atoms with Crippen LogP contribution in [0.25, 0.3) is 0 Å². The predicted octanol–water partition coefficient (Wildman–Crippen LogP) is 2.12. The second-order valence-electron chi connectivity index (χ2n) is 4.84. The van der Waals surface area contributed by atoms with E-state index < -0.39 is 5.97 Å². The van der Waals surface area contributed by atoms with Gasteiger partial charge in [-0.05, 0) is 37.6 Å². The summed E-state index contributed by atoms with van der Waals surface area (Å²) in [5, 5.41) is 11.5. The molecule has 0 aliphatic carbocycles. The van der Waals surface area contributed by atoms with E-state index in [2.05, 4.69) is 5.32 Å². The number of carboxylic acids is 1. The number of carbonyl (C=O) groups excluding carboxylic acids is 1. The van der Waals surface area contributed by atoms with Crippen molar-refractivity contribution in [1.82, 2.24) is 4.90 Å². The Balaban J connectivity index is 2.50. The molecule has 5 heteroatoms. The molecule has 0 bridgehead atoms. The minimum atomic E-state index is -0.842. The Kier molecular flexibility index (Phi) is 6.73. The van der Waals surface area contributed by atoms with Crippen LogP contribution in [0.15, 0.2) is 24.3 Å². The van der Waals surface area contributed by atoms with Crippen molar-refractivity contribution in [2.75, 3.05) is 25.0 Å². The topological polar surface area (TPSA) is 69.6 Å². The van der Waals surface area contributed by atoms with E-state index in [-0.39, 0.29) is 18.9 Å². The second-order valence-corrected chi connectivity index (χ2v) is 4.84. The van der Waals surface area contributed by atoms with Crippen LogP contribution in [0.2, 0.25) is 0 Å². The van der Waals surface area contributed by atoms with Gasteiger partial charge in [-0.3, -0.25) is 14.5 Å². The molecule has 1 rings (SSSR count). The fourth-order valence-electron chi connectivity index (χ4n) is 1.97. The van der Waals surface area contributed by atoms with Gasteiger partial charge in [-0.1, -0.05) is 19.1 Å². The molecule has 0 fully saturated rings. The average molecular weight is 278 g/mol. The van der Waals surface area contributed by atoms with Crippen molar-refractivity contribution in [2.24, 2.45) is 0 Å². The summed E-state index contributed by atoms with van der Waals surface area (Å²) in [5.74, 6) is -0.959. The quantitative estimate of drug-likeness (QED) is 0.764. The van der Waals surface area contributed by atoms with Crippen molar-refractivity contribution < 1.29 is 14.7 Å². The summed E-state index contributed by atoms with van der Waals surface area (Å²) >= 11 is 0. The van der Waals surface area contributed by atoms with E-state index in [9.17, 15) is 9.59 Å². The molecular formula is C15H22N2O3. The molecule has 0 aromatic heterocycles. The van der Waals surface area contributed by atoms with E-state index in [0.717, 1.165) is 17.7 Å². The highest BCUT2D eigenvalue weighted by Crippen LogP contribution is 2.09. The number of aliphatic carboxylic acids is 1. The van der Waals surface area contributed by atoms with Crippen LogP contribution >= 0.6 is 0 Å². The third-order valence-electron chi connectivity index (χ3n) is 2.85. The first kappa shape index (κ1) is 16.2. The van der Waals surface area contributed by atoms with Gasteiger partial charge in [0.1, 0.15) is 0 Å². The van der Waals surface area contributed by atoms with Gasteiger partial charge in [0.25, 0.3) is 0 Å². The van der Waals surface area contributed by atoms with Gasteiger partial charge in [0.05, 0.1) is 13.0 Å². The summed E-state index contributed by atoms with van der Waals surface area (Å²) < 4.78 is 0. The standard InChI is InChI=1S/C15H22N2O3/c1-3-8-17(9-7-15(19)20)11-14(18)16-13-6-4-5-12(2)10-13/h4-6,10H,3,7-9,11H2,1-2H3,(H,16,18)(H,19,20). The first-order valence-corrected chi connectivity index (χ1v) is 6.82. The van der Waals surface area contributed by atoms with Crippen LogP contribution in [0.5, 0.6) is 0 Å². The lowest BCUT2D eigenvalue weighted by atomic mass is 10.2. The van der Waals surface area contributed by atoms with Crippen LogP contribution < -0.4 is 5.32 Å². The number of hydrogen-bond donors (Lipinski definition) is 2. The van der Waals surface area contributed by atoms with Crippen LogP contribution in [-0.4, -0.2) is 41.5 Å². The largest absolute Gasteiger partial charge is 0.481 e. The van der Waals surface area contributed by atoms with Crippen molar-refractivity contribution in [3.8, 4) is 0 Å². The molecule has 20 heavy (non-hydrogen) atoms. The number of hydrogen-bond acceptors (Lipinski definition) is 3. The van der Waals surface area contributed by atoms with Crippen LogP contribution in [0.4, 0.5) is 5.69 Å². The molecule has 2 N–H and O–H groups in total. The highest BCUT2D eigenvalue weighted by Gasteiger charge is 2.11. The summed E-state index contributed by atoms with van der Waals surface area (Å²) in [4.78, 5) is 24.4. The van der Waals surface area contributed by atoms with Gasteiger partial charge < -0.3 is 10.4 Å². The maximum atomic E-state index is 12.0. The maximum absolute atomic E-state index is 12.0. The molecule has 1 aromatic rings. The summed E-state index contributed by atoms with van der Waals surface area (Å²) in [6.45, 7) is 5.30. The highest BCUT2D eigenvalue weighted by molar-refractivity contribution is 5.92. The normalized spacial score (nSPS) is 10.6. The minimum absolute atomic E-state index is 0.0533. The Morgan fingerprint density at radius 1 is 1.30 bits per heavy atom. The first-order chi connectivity index (χ1) is 9.51. The van der Waals surface area contributed by atoms with Gasteiger partial charge in [0.15, 0.2) is 0 Å². The molecule has 0 saturated heterocycles. The SMILES string of the molecule is CCCN(CCC(=O)O)CC(=O)Nc1cccc(C)c1. The summed E-state index contributed by atoms with van der Waals surface area (Å²) in [5.41, 5.74) is 1.85. The van der Waals surface area contributed by atoms with Gasteiger partial charge in [0, 0.05) is 12.2 Å². The van der Waals surface area contributed by atoms with Gasteiger partial charge >= 0.3 is 5.97 Å². The fraction of sp³-hybridized carbons (Fsp3) is 0.467. The predicted molar refractivity (Wildman–Crippen MR) is 78.8 cm³/mol. The molecule has 110 valence electrons. The Bertz CT molecular complexity index is 460. The van der Waals surface area contributed by atoms with Crippen molar-refractivity contribution in [2.45, 2.75) is 26.7 Å². The van der Waals surface area contributed by atoms with Crippen LogP contribution in [0.3, 0.4) is 0 Å². The summed E-state index contributed by atoms with van der Waals surface area (Å²) in [6.07, 6.45) is 0.940. The molecule has 0 heterocycles. The van der Waals surface area contributed by atoms with Crippen molar-refractivity contribution in [3.05, 3.63) is 29.8 Å². The average Bonchev–Trinajstić information content (AvgIpc) is 2.36. The maximum Gasteiger partial charge on any atom is 0.304 e. The second kappa shape index (κ2) is 8.32. The minimum Gasteiger partial charge on any atom is -0.481 e. The number of amides is 1. The van der Waals surface area contributed by atoms with E-state index in [1.807, 2.05) is 43.0 Å². The molecule has 0 unspecified atom stereocenters. The molecule has 0 spiro atoms. The van der Waals surface area contributed by atoms with Crippen LogP contribution in [-0.2, 0) is 9.59 Å². The Morgan fingerprint density at radius 2 is 2.05 bits per heavy atom. The van der Waals surface area contributed by atoms with E-state index in [1.54, 1.807) is 0 Å². The monoisotopic (exact) mass is 278 g/mol. The number of nitrogens with zero attached hydrogens (tertiary/aromatic N) is 1. The number of carboxylic acid groups (broad SMARTS) is 1. The number of carbonyl (C=O) groups is 2. The first-order valence-electron chi connectivity index (χ1n) is 6.82. The van der Waals surface area contributed by atoms with Crippen LogP contribution in [0.1, 0.15) is 25.3 Å². The molecule has 5 nitrogen and oxygen atoms in total. The third kappa shape index (κ3) is 6.33. The van der Waals surface area contributed by atoms with Gasteiger partial charge in [-0.2, -0.15) is 0 Å². The van der Waals surface area contributed by atoms with Crippen molar-refractivity contribution in [1.29, 1.82) is 0 Å². The number of benzene rings is 1. The lowest BCUT2D eigenvalue weighted by Gasteiger charge is -2.20. The van der Waals surface area contributed by atoms with Crippen molar-refractivity contribution in [3.63, 3.8) is 0 Å². The van der Waals surface area contributed by atoms with E-state index in [4.69, 9.17) is 5.11 Å². The lowest BCUT2D eigenvalue weighted by Crippen LogP contribution is -2.35. The molecule has 0 aliphatic rings. The Hall–Kier alpha value is -1.88. The van der Waals surface area contributed by atoms with Crippen LogP contribution in [0, 0.1) is 6.92 Å². The molecule has 1 amide bonds. The molecule has 0 aliphatic heterocycles. The molecule has 1 aromatic carbocycles. The Labute approximate surface area is 119 Å². The van der Waals surface area contributed by atoms with Gasteiger partial charge in [-0.15, -0.1) is 0 Å². The zero-order valence-corrected chi connectivity index (χ0v) is 12.1. The lowest BCUT2D eigenvalue weighted by molar-refractivity contribution is -0.137. The van der Waals surface area contributed by atoms with Gasteiger partial charge in [0.2, 0.25) is 5.91 Å². The molecular weight excluding hydrogens is 256 g/mol. The number of nitrogens with one attached hydrogen (secondary N) is 1. The summed E-state index contributed by atoms with van der Waals surface area (Å²) in [6, 6.07) is 7.59. The number of rotatable bonds is 8. The fourth-order valence-corrected chi connectivity index (χ4v) is 1.97. The summed E-state index contributed by atoms with van der Waals surface area (Å²) in [7, 11) is 0. The van der Waals surface area contributed by atoms with Gasteiger partial charge in [-0.25, -0.2) is 0 Å². The zero-order chi connectivity index (χ0) is 15.0. The zero-order valence-electron chi connectivity index (χ0n) is 12.1. The molecule has 0 radical (unpaired) electrons. The third-order valence-corrected chi connectivity index (χ3v) is 2.85. The van der Waals surface area contributed by atoms with E-state index in [1.165, 1.54) is 0 Å². The molecule has 0 atom stereocenters. The van der Waals surface area contributed by atoms with E-state index >= 15 is 0 Å².